The van der Waals surface area contributed by atoms with Crippen molar-refractivity contribution < 1.29 is 18.7 Å². The van der Waals surface area contributed by atoms with Crippen LogP contribution < -0.4 is 10.4 Å². The highest BCUT2D eigenvalue weighted by Crippen LogP contribution is 2.30. The third kappa shape index (κ3) is 4.19. The van der Waals surface area contributed by atoms with E-state index in [1.165, 1.54) is 6.07 Å². The minimum absolute atomic E-state index is 0.0570. The molecular weight excluding hydrogens is 344 g/mol. The average Bonchev–Trinajstić information content (AvgIpc) is 2.60. The van der Waals surface area contributed by atoms with Crippen LogP contribution in [0.4, 0.5) is 0 Å². The van der Waals surface area contributed by atoms with Crippen molar-refractivity contribution in [3.05, 3.63) is 75.1 Å². The summed E-state index contributed by atoms with van der Waals surface area (Å²) in [5.74, 6) is 0.0838. The molecular formula is C22H22O5. The Balaban J connectivity index is 1.98. The van der Waals surface area contributed by atoms with Gasteiger partial charge in [-0.05, 0) is 57.5 Å². The van der Waals surface area contributed by atoms with Gasteiger partial charge in [-0.3, -0.25) is 0 Å². The van der Waals surface area contributed by atoms with Crippen LogP contribution >= 0.6 is 0 Å². The number of aryl methyl sites for hydroxylation is 2. The number of esters is 1. The Hall–Kier alpha value is -3.08. The topological polar surface area (TPSA) is 65.7 Å². The molecule has 0 aliphatic rings. The molecule has 0 radical (unpaired) electrons. The number of carbonyl (C=O) groups excluding carboxylic acids is 1. The van der Waals surface area contributed by atoms with Crippen molar-refractivity contribution in [1.29, 1.82) is 0 Å². The van der Waals surface area contributed by atoms with Crippen molar-refractivity contribution in [2.45, 2.75) is 40.4 Å². The molecule has 1 heterocycles. The fourth-order valence-corrected chi connectivity index (χ4v) is 2.83. The molecule has 0 aliphatic carbocycles. The summed E-state index contributed by atoms with van der Waals surface area (Å²) in [6, 6.07) is 12.2. The van der Waals surface area contributed by atoms with Gasteiger partial charge in [-0.15, -0.1) is 0 Å². The molecule has 0 aliphatic heterocycles. The summed E-state index contributed by atoms with van der Waals surface area (Å²) in [6.45, 7) is 7.53. The van der Waals surface area contributed by atoms with Crippen molar-refractivity contribution in [3.63, 3.8) is 0 Å². The number of benzene rings is 2. The van der Waals surface area contributed by atoms with E-state index in [0.29, 0.717) is 22.5 Å². The SMILES string of the molecule is Cc1ccc(C(=O)OCc2c(OC(C)C)ccc3c(C)cc(=O)oc23)cc1. The maximum Gasteiger partial charge on any atom is 0.338 e. The summed E-state index contributed by atoms with van der Waals surface area (Å²) in [7, 11) is 0. The minimum Gasteiger partial charge on any atom is -0.490 e. The minimum atomic E-state index is -0.451. The van der Waals surface area contributed by atoms with Crippen molar-refractivity contribution in [1.82, 2.24) is 0 Å². The molecule has 1 aromatic heterocycles. The van der Waals surface area contributed by atoms with E-state index < -0.39 is 11.6 Å². The Morgan fingerprint density at radius 2 is 1.78 bits per heavy atom. The molecule has 3 aromatic rings. The van der Waals surface area contributed by atoms with Gasteiger partial charge in [0, 0.05) is 11.5 Å². The molecule has 0 saturated heterocycles. The zero-order chi connectivity index (χ0) is 19.6. The predicted molar refractivity (Wildman–Crippen MR) is 103 cm³/mol. The smallest absolute Gasteiger partial charge is 0.338 e. The molecule has 2 aromatic carbocycles. The highest BCUT2D eigenvalue weighted by atomic mass is 16.5. The maximum atomic E-state index is 12.4. The summed E-state index contributed by atoms with van der Waals surface area (Å²) < 4.78 is 16.7. The number of carbonyl (C=O) groups is 1. The van der Waals surface area contributed by atoms with Gasteiger partial charge in [-0.1, -0.05) is 17.7 Å². The molecule has 0 fully saturated rings. The Labute approximate surface area is 157 Å². The van der Waals surface area contributed by atoms with Crippen molar-refractivity contribution in [2.75, 3.05) is 0 Å². The Morgan fingerprint density at radius 3 is 2.44 bits per heavy atom. The van der Waals surface area contributed by atoms with Crippen molar-refractivity contribution in [2.24, 2.45) is 0 Å². The lowest BCUT2D eigenvalue weighted by molar-refractivity contribution is 0.0469. The molecule has 0 unspecified atom stereocenters. The van der Waals surface area contributed by atoms with E-state index in [0.717, 1.165) is 16.5 Å². The Morgan fingerprint density at radius 1 is 1.07 bits per heavy atom. The molecule has 0 N–H and O–H groups in total. The van der Waals surface area contributed by atoms with Gasteiger partial charge >= 0.3 is 11.6 Å². The molecule has 0 bridgehead atoms. The first-order valence-electron chi connectivity index (χ1n) is 8.82. The van der Waals surface area contributed by atoms with Crippen LogP contribution in [-0.4, -0.2) is 12.1 Å². The zero-order valence-electron chi connectivity index (χ0n) is 15.9. The number of rotatable bonds is 5. The second kappa shape index (κ2) is 7.66. The molecule has 27 heavy (non-hydrogen) atoms. The molecule has 0 amide bonds. The van der Waals surface area contributed by atoms with Crippen LogP contribution in [0, 0.1) is 13.8 Å². The fraction of sp³-hybridized carbons (Fsp3) is 0.273. The molecule has 3 rings (SSSR count). The third-order valence-electron chi connectivity index (χ3n) is 4.18. The van der Waals surface area contributed by atoms with E-state index in [1.54, 1.807) is 12.1 Å². The summed E-state index contributed by atoms with van der Waals surface area (Å²) in [6.07, 6.45) is -0.0782. The lowest BCUT2D eigenvalue weighted by Gasteiger charge is -2.16. The summed E-state index contributed by atoms with van der Waals surface area (Å²) in [5.41, 5.74) is 2.80. The van der Waals surface area contributed by atoms with Crippen LogP contribution in [-0.2, 0) is 11.3 Å². The van der Waals surface area contributed by atoms with Gasteiger partial charge in [0.25, 0.3) is 0 Å². The van der Waals surface area contributed by atoms with Gasteiger partial charge in [0.1, 0.15) is 17.9 Å². The largest absolute Gasteiger partial charge is 0.490 e. The Bertz CT molecular complexity index is 1030. The quantitative estimate of drug-likeness (QED) is 0.489. The van der Waals surface area contributed by atoms with Crippen LogP contribution in [0.3, 0.4) is 0 Å². The van der Waals surface area contributed by atoms with Gasteiger partial charge in [-0.25, -0.2) is 9.59 Å². The summed E-state index contributed by atoms with van der Waals surface area (Å²) in [5, 5.41) is 0.784. The molecule has 5 nitrogen and oxygen atoms in total. The average molecular weight is 366 g/mol. The molecule has 0 spiro atoms. The van der Waals surface area contributed by atoms with Crippen LogP contribution in [0.15, 0.2) is 51.7 Å². The highest BCUT2D eigenvalue weighted by Gasteiger charge is 2.17. The second-order valence-electron chi connectivity index (χ2n) is 6.78. The lowest BCUT2D eigenvalue weighted by Crippen LogP contribution is -2.11. The summed E-state index contributed by atoms with van der Waals surface area (Å²) in [4.78, 5) is 24.2. The van der Waals surface area contributed by atoms with E-state index in [4.69, 9.17) is 13.9 Å². The van der Waals surface area contributed by atoms with Crippen LogP contribution in [0.2, 0.25) is 0 Å². The van der Waals surface area contributed by atoms with Gasteiger partial charge in [0.05, 0.1) is 17.2 Å². The Kier molecular flexibility index (Phi) is 5.31. The first-order chi connectivity index (χ1) is 12.8. The first kappa shape index (κ1) is 18.7. The monoisotopic (exact) mass is 366 g/mol. The maximum absolute atomic E-state index is 12.4. The number of ether oxygens (including phenoxy) is 2. The van der Waals surface area contributed by atoms with Gasteiger partial charge in [-0.2, -0.15) is 0 Å². The van der Waals surface area contributed by atoms with Gasteiger partial charge in [0.15, 0.2) is 0 Å². The lowest BCUT2D eigenvalue weighted by atomic mass is 10.1. The van der Waals surface area contributed by atoms with E-state index in [2.05, 4.69) is 0 Å². The predicted octanol–water partition coefficient (Wildman–Crippen LogP) is 4.55. The van der Waals surface area contributed by atoms with E-state index >= 15 is 0 Å². The van der Waals surface area contributed by atoms with Crippen molar-refractivity contribution in [3.8, 4) is 5.75 Å². The standard InChI is InChI=1S/C22H22O5/c1-13(2)26-19-10-9-17-15(4)11-20(23)27-21(17)18(19)12-25-22(24)16-7-5-14(3)6-8-16/h5-11,13H,12H2,1-4H3. The number of hydrogen-bond donors (Lipinski definition) is 0. The van der Waals surface area contributed by atoms with Crippen LogP contribution in [0.25, 0.3) is 11.0 Å². The van der Waals surface area contributed by atoms with E-state index in [1.807, 2.05) is 52.0 Å². The van der Waals surface area contributed by atoms with Crippen LogP contribution in [0.1, 0.15) is 40.9 Å². The second-order valence-corrected chi connectivity index (χ2v) is 6.78. The van der Waals surface area contributed by atoms with Gasteiger partial charge in [0.2, 0.25) is 0 Å². The normalized spacial score (nSPS) is 11.0. The third-order valence-corrected chi connectivity index (χ3v) is 4.18. The highest BCUT2D eigenvalue weighted by molar-refractivity contribution is 5.90. The number of fused-ring (bicyclic) bond motifs is 1. The van der Waals surface area contributed by atoms with Crippen LogP contribution in [0.5, 0.6) is 5.75 Å². The summed E-state index contributed by atoms with van der Waals surface area (Å²) >= 11 is 0. The van der Waals surface area contributed by atoms with E-state index in [9.17, 15) is 9.59 Å². The molecule has 0 atom stereocenters. The van der Waals surface area contributed by atoms with Crippen molar-refractivity contribution >= 4 is 16.9 Å². The fourth-order valence-electron chi connectivity index (χ4n) is 2.83. The molecule has 0 saturated carbocycles. The molecule has 5 heteroatoms. The van der Waals surface area contributed by atoms with Gasteiger partial charge < -0.3 is 13.9 Å². The van der Waals surface area contributed by atoms with E-state index in [-0.39, 0.29) is 12.7 Å². The number of hydrogen-bond acceptors (Lipinski definition) is 5. The first-order valence-corrected chi connectivity index (χ1v) is 8.82. The molecule has 140 valence electrons. The zero-order valence-corrected chi connectivity index (χ0v) is 15.9.